The van der Waals surface area contributed by atoms with Gasteiger partial charge in [-0.15, -0.1) is 0 Å². The van der Waals surface area contributed by atoms with E-state index >= 15 is 0 Å². The Labute approximate surface area is 217 Å². The molecule has 0 bridgehead atoms. The van der Waals surface area contributed by atoms with Crippen LogP contribution in [0, 0.1) is 0 Å². The first kappa shape index (κ1) is 33.9. The summed E-state index contributed by atoms with van der Waals surface area (Å²) in [5.74, 6) is 0. The number of rotatable bonds is 30. The molecule has 0 heterocycles. The molecule has 0 amide bonds. The third-order valence-corrected chi connectivity index (χ3v) is 7.57. The summed E-state index contributed by atoms with van der Waals surface area (Å²) >= 11 is 0. The van der Waals surface area contributed by atoms with Crippen molar-refractivity contribution in [1.29, 1.82) is 0 Å². The van der Waals surface area contributed by atoms with Gasteiger partial charge in [0, 0.05) is 6.54 Å². The van der Waals surface area contributed by atoms with Gasteiger partial charge < -0.3 is 10.0 Å². The molecule has 0 aliphatic carbocycles. The summed E-state index contributed by atoms with van der Waals surface area (Å²) in [7, 11) is 0. The lowest BCUT2D eigenvalue weighted by molar-refractivity contribution is 0.190. The highest BCUT2D eigenvalue weighted by molar-refractivity contribution is 4.59. The molecule has 0 spiro atoms. The van der Waals surface area contributed by atoms with Gasteiger partial charge in [-0.05, 0) is 25.9 Å². The van der Waals surface area contributed by atoms with Gasteiger partial charge in [-0.2, -0.15) is 0 Å². The molecule has 206 valence electrons. The van der Waals surface area contributed by atoms with E-state index in [1.807, 2.05) is 0 Å². The number of hydrogen-bond acceptors (Lipinski definition) is 2. The molecule has 0 aromatic carbocycles. The quantitative estimate of drug-likeness (QED) is 0.103. The number of nitrogens with zero attached hydrogens (tertiary/aromatic N) is 1. The van der Waals surface area contributed by atoms with E-state index in [9.17, 15) is 5.11 Å². The summed E-state index contributed by atoms with van der Waals surface area (Å²) in [5.41, 5.74) is 0. The lowest BCUT2D eigenvalue weighted by Crippen LogP contribution is -2.29. The van der Waals surface area contributed by atoms with Crippen LogP contribution < -0.4 is 0 Å². The molecule has 1 N–H and O–H groups in total. The van der Waals surface area contributed by atoms with E-state index in [1.54, 1.807) is 0 Å². The molecule has 0 aliphatic heterocycles. The lowest BCUT2D eigenvalue weighted by Gasteiger charge is -2.21. The molecule has 0 atom stereocenters. The summed E-state index contributed by atoms with van der Waals surface area (Å²) in [6.45, 7) is 8.16. The van der Waals surface area contributed by atoms with Gasteiger partial charge in [-0.25, -0.2) is 0 Å². The van der Waals surface area contributed by atoms with Crippen molar-refractivity contribution in [3.05, 3.63) is 0 Å². The number of unbranched alkanes of at least 4 members (excludes halogenated alkanes) is 24. The van der Waals surface area contributed by atoms with Gasteiger partial charge in [0.1, 0.15) is 0 Å². The SMILES string of the molecule is CCCCCCCCCCCCCCCN(CCO)CCCCCCCCCCCCCCC. The summed E-state index contributed by atoms with van der Waals surface area (Å²) in [5, 5.41) is 9.40. The van der Waals surface area contributed by atoms with Gasteiger partial charge in [0.2, 0.25) is 0 Å². The number of aliphatic hydroxyl groups is 1. The van der Waals surface area contributed by atoms with Crippen molar-refractivity contribution in [1.82, 2.24) is 4.90 Å². The maximum absolute atomic E-state index is 9.40. The molecule has 0 fully saturated rings. The minimum absolute atomic E-state index is 0.316. The van der Waals surface area contributed by atoms with Crippen molar-refractivity contribution in [2.24, 2.45) is 0 Å². The highest BCUT2D eigenvalue weighted by Gasteiger charge is 2.04. The predicted octanol–water partition coefficient (Wildman–Crippen LogP) is 10.5. The Kier molecular flexibility index (Phi) is 30.9. The first-order valence-corrected chi connectivity index (χ1v) is 16.2. The standard InChI is InChI=1S/C32H67NO/c1-3-5-7-9-11-13-15-17-19-21-23-25-27-29-33(31-32-34)30-28-26-24-22-20-18-16-14-12-10-8-6-4-2/h34H,3-32H2,1-2H3. The van der Waals surface area contributed by atoms with Gasteiger partial charge in [-0.1, -0.05) is 168 Å². The second-order valence-electron chi connectivity index (χ2n) is 11.1. The molecular weight excluding hydrogens is 414 g/mol. The second kappa shape index (κ2) is 31.0. The van der Waals surface area contributed by atoms with Crippen molar-refractivity contribution in [3.8, 4) is 0 Å². The largest absolute Gasteiger partial charge is 0.395 e. The Morgan fingerprint density at radius 3 is 0.794 bits per heavy atom. The van der Waals surface area contributed by atoms with Crippen molar-refractivity contribution < 1.29 is 5.11 Å². The van der Waals surface area contributed by atoms with Crippen LogP contribution >= 0.6 is 0 Å². The minimum atomic E-state index is 0.316. The molecule has 34 heavy (non-hydrogen) atoms. The fraction of sp³-hybridized carbons (Fsp3) is 1.00. The van der Waals surface area contributed by atoms with Gasteiger partial charge in [0.25, 0.3) is 0 Å². The smallest absolute Gasteiger partial charge is 0.0558 e. The number of aliphatic hydroxyl groups excluding tert-OH is 1. The zero-order chi connectivity index (χ0) is 24.8. The Morgan fingerprint density at radius 2 is 0.559 bits per heavy atom. The highest BCUT2D eigenvalue weighted by atomic mass is 16.3. The van der Waals surface area contributed by atoms with Crippen LogP contribution in [0.15, 0.2) is 0 Å². The van der Waals surface area contributed by atoms with Crippen molar-refractivity contribution in [3.63, 3.8) is 0 Å². The third kappa shape index (κ3) is 28.2. The van der Waals surface area contributed by atoms with E-state index in [1.165, 1.54) is 180 Å². The van der Waals surface area contributed by atoms with Crippen LogP contribution in [-0.2, 0) is 0 Å². The summed E-state index contributed by atoms with van der Waals surface area (Å²) in [6, 6.07) is 0. The Balaban J connectivity index is 3.38. The zero-order valence-corrected chi connectivity index (χ0v) is 24.1. The monoisotopic (exact) mass is 482 g/mol. The average molecular weight is 482 g/mol. The van der Waals surface area contributed by atoms with E-state index < -0.39 is 0 Å². The van der Waals surface area contributed by atoms with E-state index in [4.69, 9.17) is 0 Å². The highest BCUT2D eigenvalue weighted by Crippen LogP contribution is 2.14. The van der Waals surface area contributed by atoms with Crippen molar-refractivity contribution in [2.45, 2.75) is 181 Å². The van der Waals surface area contributed by atoms with Gasteiger partial charge in [0.05, 0.1) is 6.61 Å². The predicted molar refractivity (Wildman–Crippen MR) is 155 cm³/mol. The van der Waals surface area contributed by atoms with Gasteiger partial charge in [0.15, 0.2) is 0 Å². The van der Waals surface area contributed by atoms with Crippen LogP contribution in [0.1, 0.15) is 181 Å². The van der Waals surface area contributed by atoms with Crippen LogP contribution in [0.4, 0.5) is 0 Å². The maximum Gasteiger partial charge on any atom is 0.0558 e. The molecule has 2 nitrogen and oxygen atoms in total. The van der Waals surface area contributed by atoms with Crippen molar-refractivity contribution in [2.75, 3.05) is 26.2 Å². The minimum Gasteiger partial charge on any atom is -0.395 e. The summed E-state index contributed by atoms with van der Waals surface area (Å²) in [4.78, 5) is 2.51. The molecule has 2 heteroatoms. The van der Waals surface area contributed by atoms with E-state index in [2.05, 4.69) is 18.7 Å². The lowest BCUT2D eigenvalue weighted by atomic mass is 10.0. The molecular formula is C32H67NO. The first-order valence-electron chi connectivity index (χ1n) is 16.2. The summed E-state index contributed by atoms with van der Waals surface area (Å²) in [6.07, 6.45) is 36.9. The molecule has 0 rings (SSSR count). The van der Waals surface area contributed by atoms with Gasteiger partial charge >= 0.3 is 0 Å². The molecule has 0 saturated heterocycles. The van der Waals surface area contributed by atoms with Crippen LogP contribution in [0.5, 0.6) is 0 Å². The second-order valence-corrected chi connectivity index (χ2v) is 11.1. The fourth-order valence-corrected chi connectivity index (χ4v) is 5.18. The molecule has 0 unspecified atom stereocenters. The maximum atomic E-state index is 9.40. The molecule has 0 radical (unpaired) electrons. The number of hydrogen-bond donors (Lipinski definition) is 1. The summed E-state index contributed by atoms with van der Waals surface area (Å²) < 4.78 is 0. The fourth-order valence-electron chi connectivity index (χ4n) is 5.18. The third-order valence-electron chi connectivity index (χ3n) is 7.57. The Morgan fingerprint density at radius 1 is 0.324 bits per heavy atom. The van der Waals surface area contributed by atoms with Crippen LogP contribution in [0.3, 0.4) is 0 Å². The Hall–Kier alpha value is -0.0800. The first-order chi connectivity index (χ1) is 16.8. The van der Waals surface area contributed by atoms with Crippen LogP contribution in [-0.4, -0.2) is 36.2 Å². The van der Waals surface area contributed by atoms with Crippen LogP contribution in [0.25, 0.3) is 0 Å². The average Bonchev–Trinajstić information content (AvgIpc) is 2.84. The molecule has 0 saturated carbocycles. The molecule has 0 aromatic heterocycles. The van der Waals surface area contributed by atoms with Crippen LogP contribution in [0.2, 0.25) is 0 Å². The van der Waals surface area contributed by atoms with Crippen molar-refractivity contribution >= 4 is 0 Å². The molecule has 0 aliphatic rings. The zero-order valence-electron chi connectivity index (χ0n) is 24.1. The van der Waals surface area contributed by atoms with Gasteiger partial charge in [-0.3, -0.25) is 0 Å². The van der Waals surface area contributed by atoms with E-state index in [0.717, 1.165) is 6.54 Å². The topological polar surface area (TPSA) is 23.5 Å². The molecule has 0 aromatic rings. The van der Waals surface area contributed by atoms with E-state index in [-0.39, 0.29) is 0 Å². The normalized spacial score (nSPS) is 11.6. The Bertz CT molecular complexity index is 316. The van der Waals surface area contributed by atoms with E-state index in [0.29, 0.717) is 6.61 Å².